The number of carboxylic acid groups (broad SMARTS) is 1. The van der Waals surface area contributed by atoms with E-state index in [-0.39, 0.29) is 22.7 Å². The lowest BCUT2D eigenvalue weighted by molar-refractivity contribution is 0.0693. The fourth-order valence-corrected chi connectivity index (χ4v) is 1.62. The number of furan rings is 1. The van der Waals surface area contributed by atoms with Crippen LogP contribution in [-0.4, -0.2) is 21.8 Å². The molecule has 0 saturated carbocycles. The molecule has 2 rings (SSSR count). The molecule has 2 heterocycles. The maximum absolute atomic E-state index is 12.2. The highest BCUT2D eigenvalue weighted by Crippen LogP contribution is 2.20. The quantitative estimate of drug-likeness (QED) is 0.794. The van der Waals surface area contributed by atoms with Crippen LogP contribution in [0.2, 0.25) is 0 Å². The second kappa shape index (κ2) is 4.33. The molecule has 0 aliphatic rings. The van der Waals surface area contributed by atoms with Gasteiger partial charge in [0.2, 0.25) is 5.78 Å². The smallest absolute Gasteiger partial charge is 0.340 e. The Kier molecular flexibility index (Phi) is 2.85. The first-order chi connectivity index (χ1) is 8.52. The van der Waals surface area contributed by atoms with E-state index in [0.717, 1.165) is 0 Å². The zero-order chi connectivity index (χ0) is 13.3. The van der Waals surface area contributed by atoms with Gasteiger partial charge >= 0.3 is 5.97 Å². The minimum absolute atomic E-state index is 0.0342. The summed E-state index contributed by atoms with van der Waals surface area (Å²) >= 11 is 0. The Morgan fingerprint density at radius 3 is 2.67 bits per heavy atom. The van der Waals surface area contributed by atoms with Gasteiger partial charge in [-0.25, -0.2) is 9.78 Å². The van der Waals surface area contributed by atoms with Gasteiger partial charge in [0.15, 0.2) is 5.76 Å². The lowest BCUT2D eigenvalue weighted by atomic mass is 10.0. The van der Waals surface area contributed by atoms with Crippen LogP contribution in [0.4, 0.5) is 5.82 Å². The molecule has 18 heavy (non-hydrogen) atoms. The number of hydrogen-bond acceptors (Lipinski definition) is 5. The van der Waals surface area contributed by atoms with Crippen LogP contribution in [0.1, 0.15) is 32.0 Å². The van der Waals surface area contributed by atoms with Gasteiger partial charge in [-0.05, 0) is 24.6 Å². The molecule has 0 amide bonds. The lowest BCUT2D eigenvalue weighted by Gasteiger charge is -2.05. The summed E-state index contributed by atoms with van der Waals surface area (Å²) < 4.78 is 5.05. The van der Waals surface area contributed by atoms with Gasteiger partial charge in [0.05, 0.1) is 6.26 Å². The maximum atomic E-state index is 12.2. The maximum Gasteiger partial charge on any atom is 0.340 e. The van der Waals surface area contributed by atoms with Gasteiger partial charge < -0.3 is 15.3 Å². The van der Waals surface area contributed by atoms with Crippen molar-refractivity contribution in [2.75, 3.05) is 5.73 Å². The highest BCUT2D eigenvalue weighted by Gasteiger charge is 2.24. The summed E-state index contributed by atoms with van der Waals surface area (Å²) in [5.41, 5.74) is 5.77. The molecule has 6 nitrogen and oxygen atoms in total. The van der Waals surface area contributed by atoms with E-state index in [1.54, 1.807) is 13.0 Å². The summed E-state index contributed by atoms with van der Waals surface area (Å²) in [5, 5.41) is 9.06. The minimum Gasteiger partial charge on any atom is -0.478 e. The molecule has 2 aromatic rings. The van der Waals surface area contributed by atoms with Gasteiger partial charge in [0.1, 0.15) is 11.4 Å². The third kappa shape index (κ3) is 1.84. The first kappa shape index (κ1) is 11.8. The van der Waals surface area contributed by atoms with Crippen LogP contribution in [-0.2, 0) is 0 Å². The summed E-state index contributed by atoms with van der Waals surface area (Å²) in [4.78, 5) is 26.9. The number of nitrogen functional groups attached to an aromatic ring is 1. The van der Waals surface area contributed by atoms with Crippen molar-refractivity contribution >= 4 is 17.6 Å². The number of carbonyl (C=O) groups is 2. The number of carbonyl (C=O) groups excluding carboxylic acids is 1. The van der Waals surface area contributed by atoms with E-state index in [2.05, 4.69) is 4.98 Å². The van der Waals surface area contributed by atoms with Crippen molar-refractivity contribution in [3.63, 3.8) is 0 Å². The largest absolute Gasteiger partial charge is 0.478 e. The van der Waals surface area contributed by atoms with Crippen molar-refractivity contribution in [1.29, 1.82) is 0 Å². The summed E-state index contributed by atoms with van der Waals surface area (Å²) in [5.74, 6) is -1.92. The number of rotatable bonds is 3. The topological polar surface area (TPSA) is 106 Å². The third-order valence-corrected chi connectivity index (χ3v) is 2.51. The number of aromatic carboxylic acids is 1. The molecule has 0 aliphatic carbocycles. The number of aromatic nitrogens is 1. The molecule has 0 bridgehead atoms. The molecule has 0 spiro atoms. The van der Waals surface area contributed by atoms with E-state index < -0.39 is 11.8 Å². The summed E-state index contributed by atoms with van der Waals surface area (Å²) in [6.07, 6.45) is 2.65. The normalized spacial score (nSPS) is 10.3. The molecule has 2 aromatic heterocycles. The second-order valence-electron chi connectivity index (χ2n) is 3.69. The Balaban J connectivity index is 2.59. The average molecular weight is 246 g/mol. The Hall–Kier alpha value is -2.63. The van der Waals surface area contributed by atoms with Gasteiger partial charge in [-0.2, -0.15) is 0 Å². The number of aryl methyl sites for hydroxylation is 1. The number of hydrogen-bond donors (Lipinski definition) is 2. The van der Waals surface area contributed by atoms with Crippen LogP contribution in [0.5, 0.6) is 0 Å². The Labute approximate surface area is 102 Å². The van der Waals surface area contributed by atoms with Crippen molar-refractivity contribution < 1.29 is 19.1 Å². The molecular weight excluding hydrogens is 236 g/mol. The van der Waals surface area contributed by atoms with E-state index >= 15 is 0 Å². The lowest BCUT2D eigenvalue weighted by Crippen LogP contribution is -2.13. The molecule has 0 fully saturated rings. The van der Waals surface area contributed by atoms with E-state index in [9.17, 15) is 9.59 Å². The average Bonchev–Trinajstić information content (AvgIpc) is 2.73. The Morgan fingerprint density at radius 2 is 2.11 bits per heavy atom. The van der Waals surface area contributed by atoms with Crippen molar-refractivity contribution in [3.8, 4) is 0 Å². The number of ketones is 1. The number of carboxylic acids is 1. The zero-order valence-corrected chi connectivity index (χ0v) is 9.51. The van der Waals surface area contributed by atoms with Gasteiger partial charge in [0.25, 0.3) is 0 Å². The molecule has 3 N–H and O–H groups in total. The molecule has 0 unspecified atom stereocenters. The molecule has 0 aromatic carbocycles. The van der Waals surface area contributed by atoms with Gasteiger partial charge in [0, 0.05) is 11.8 Å². The Bertz CT molecular complexity index is 631. The van der Waals surface area contributed by atoms with Crippen LogP contribution < -0.4 is 5.73 Å². The molecular formula is C12H10N2O4. The zero-order valence-electron chi connectivity index (χ0n) is 9.51. The van der Waals surface area contributed by atoms with Crippen molar-refractivity contribution in [2.45, 2.75) is 6.92 Å². The predicted octanol–water partition coefficient (Wildman–Crippen LogP) is 1.49. The standard InChI is InChI=1S/C12H10N2O4/c1-6-3-5-18-10(6)9(15)7-2-4-14-11(13)8(7)12(16)17/h2-5H,1H3,(H2,13,14)(H,16,17). The summed E-state index contributed by atoms with van der Waals surface area (Å²) in [7, 11) is 0. The number of pyridine rings is 1. The second-order valence-corrected chi connectivity index (χ2v) is 3.69. The molecule has 0 saturated heterocycles. The van der Waals surface area contributed by atoms with E-state index in [1.807, 2.05) is 0 Å². The van der Waals surface area contributed by atoms with Gasteiger partial charge in [-0.15, -0.1) is 0 Å². The number of nitrogens with two attached hydrogens (primary N) is 1. The van der Waals surface area contributed by atoms with E-state index in [0.29, 0.717) is 5.56 Å². The molecule has 92 valence electrons. The van der Waals surface area contributed by atoms with Crippen LogP contribution in [0.15, 0.2) is 29.0 Å². The van der Waals surface area contributed by atoms with E-state index in [1.165, 1.54) is 18.5 Å². The Morgan fingerprint density at radius 1 is 1.39 bits per heavy atom. The summed E-state index contributed by atoms with van der Waals surface area (Å²) in [6.45, 7) is 1.70. The first-order valence-corrected chi connectivity index (χ1v) is 5.09. The van der Waals surface area contributed by atoms with Crippen LogP contribution in [0.25, 0.3) is 0 Å². The SMILES string of the molecule is Cc1ccoc1C(=O)c1ccnc(N)c1C(=O)O. The van der Waals surface area contributed by atoms with Crippen LogP contribution >= 0.6 is 0 Å². The number of nitrogens with zero attached hydrogens (tertiary/aromatic N) is 1. The van der Waals surface area contributed by atoms with Crippen molar-refractivity contribution in [2.24, 2.45) is 0 Å². The monoisotopic (exact) mass is 246 g/mol. The molecule has 6 heteroatoms. The fraction of sp³-hybridized carbons (Fsp3) is 0.0833. The van der Waals surface area contributed by atoms with Crippen LogP contribution in [0.3, 0.4) is 0 Å². The van der Waals surface area contributed by atoms with Crippen molar-refractivity contribution in [1.82, 2.24) is 4.98 Å². The fourth-order valence-electron chi connectivity index (χ4n) is 1.62. The third-order valence-electron chi connectivity index (χ3n) is 2.51. The molecule has 0 atom stereocenters. The van der Waals surface area contributed by atoms with E-state index in [4.69, 9.17) is 15.3 Å². The predicted molar refractivity (Wildman–Crippen MR) is 62.5 cm³/mol. The summed E-state index contributed by atoms with van der Waals surface area (Å²) in [6, 6.07) is 2.93. The minimum atomic E-state index is -1.30. The van der Waals surface area contributed by atoms with Gasteiger partial charge in [-0.1, -0.05) is 0 Å². The van der Waals surface area contributed by atoms with Gasteiger partial charge in [-0.3, -0.25) is 4.79 Å². The molecule has 0 aliphatic heterocycles. The molecule has 0 radical (unpaired) electrons. The van der Waals surface area contributed by atoms with Crippen molar-refractivity contribution in [3.05, 3.63) is 47.0 Å². The first-order valence-electron chi connectivity index (χ1n) is 5.09. The highest BCUT2D eigenvalue weighted by molar-refractivity contribution is 6.14. The van der Waals surface area contributed by atoms with Crippen LogP contribution in [0, 0.1) is 6.92 Å². The number of anilines is 1. The highest BCUT2D eigenvalue weighted by atomic mass is 16.4.